The van der Waals surface area contributed by atoms with E-state index in [9.17, 15) is 0 Å². The number of nitrogens with one attached hydrogen (secondary N) is 1. The summed E-state index contributed by atoms with van der Waals surface area (Å²) in [6.45, 7) is 6.92. The molecule has 1 atom stereocenters. The first-order valence-electron chi connectivity index (χ1n) is 8.13. The number of nitrogens with zero attached hydrogens (tertiary/aromatic N) is 3. The van der Waals surface area contributed by atoms with Crippen molar-refractivity contribution < 1.29 is 4.52 Å². The van der Waals surface area contributed by atoms with Crippen molar-refractivity contribution >= 4 is 0 Å². The fourth-order valence-corrected chi connectivity index (χ4v) is 3.32. The molecule has 0 amide bonds. The molecule has 112 valence electrons. The van der Waals surface area contributed by atoms with Gasteiger partial charge in [-0.25, -0.2) is 0 Å². The maximum absolute atomic E-state index is 5.45. The van der Waals surface area contributed by atoms with Gasteiger partial charge in [0.1, 0.15) is 0 Å². The van der Waals surface area contributed by atoms with Gasteiger partial charge in [-0.3, -0.25) is 0 Å². The molecule has 0 aliphatic carbocycles. The van der Waals surface area contributed by atoms with Crippen molar-refractivity contribution in [2.75, 3.05) is 26.2 Å². The predicted octanol–water partition coefficient (Wildman–Crippen LogP) is 2.16. The average Bonchev–Trinajstić information content (AvgIpc) is 2.97. The lowest BCUT2D eigenvalue weighted by Gasteiger charge is -2.30. The third-order valence-electron chi connectivity index (χ3n) is 4.72. The van der Waals surface area contributed by atoms with Gasteiger partial charge in [0.05, 0.1) is 6.04 Å². The van der Waals surface area contributed by atoms with Crippen molar-refractivity contribution in [2.45, 2.75) is 51.5 Å². The van der Waals surface area contributed by atoms with E-state index in [1.807, 2.05) is 0 Å². The Bertz CT molecular complexity index is 406. The van der Waals surface area contributed by atoms with Crippen LogP contribution in [0, 0.1) is 5.92 Å². The van der Waals surface area contributed by atoms with Crippen LogP contribution < -0.4 is 5.32 Å². The maximum Gasteiger partial charge on any atom is 0.243 e. The van der Waals surface area contributed by atoms with Crippen molar-refractivity contribution in [1.29, 1.82) is 0 Å². The van der Waals surface area contributed by atoms with Crippen LogP contribution >= 0.6 is 0 Å². The molecule has 5 nitrogen and oxygen atoms in total. The lowest BCUT2D eigenvalue weighted by molar-refractivity contribution is 0.190. The topological polar surface area (TPSA) is 54.2 Å². The molecule has 0 spiro atoms. The zero-order valence-corrected chi connectivity index (χ0v) is 12.5. The summed E-state index contributed by atoms with van der Waals surface area (Å²) in [5.74, 6) is 2.43. The molecule has 1 aromatic rings. The molecule has 2 fully saturated rings. The monoisotopic (exact) mass is 278 g/mol. The van der Waals surface area contributed by atoms with Crippen LogP contribution in [0.4, 0.5) is 0 Å². The van der Waals surface area contributed by atoms with Crippen molar-refractivity contribution in [3.8, 4) is 0 Å². The number of hydrogen-bond donors (Lipinski definition) is 1. The standard InChI is InChI=1S/C15H26N4O/c1-2-19-9-6-12(7-10-19)11-14-17-15(20-18-14)13-5-3-4-8-16-13/h12-13,16H,2-11H2,1H3. The Morgan fingerprint density at radius 2 is 2.10 bits per heavy atom. The van der Waals surface area contributed by atoms with E-state index in [4.69, 9.17) is 4.52 Å². The smallest absolute Gasteiger partial charge is 0.243 e. The van der Waals surface area contributed by atoms with Gasteiger partial charge in [0, 0.05) is 6.42 Å². The average molecular weight is 278 g/mol. The molecule has 0 bridgehead atoms. The third kappa shape index (κ3) is 3.38. The largest absolute Gasteiger partial charge is 0.338 e. The molecule has 5 heteroatoms. The summed E-state index contributed by atoms with van der Waals surface area (Å²) in [5, 5.41) is 7.65. The molecular weight excluding hydrogens is 252 g/mol. The highest BCUT2D eigenvalue weighted by atomic mass is 16.5. The summed E-state index contributed by atoms with van der Waals surface area (Å²) in [6, 6.07) is 0.284. The molecule has 1 aromatic heterocycles. The lowest BCUT2D eigenvalue weighted by atomic mass is 9.93. The summed E-state index contributed by atoms with van der Waals surface area (Å²) >= 11 is 0. The predicted molar refractivity (Wildman–Crippen MR) is 77.4 cm³/mol. The van der Waals surface area contributed by atoms with Crippen LogP contribution in [0.15, 0.2) is 4.52 Å². The van der Waals surface area contributed by atoms with E-state index < -0.39 is 0 Å². The van der Waals surface area contributed by atoms with Crippen LogP contribution in [0.2, 0.25) is 0 Å². The molecule has 0 saturated carbocycles. The fourth-order valence-electron chi connectivity index (χ4n) is 3.32. The van der Waals surface area contributed by atoms with Gasteiger partial charge in [0.2, 0.25) is 5.89 Å². The molecule has 2 aliphatic rings. The number of likely N-dealkylation sites (tertiary alicyclic amines) is 1. The fraction of sp³-hybridized carbons (Fsp3) is 0.867. The van der Waals surface area contributed by atoms with E-state index >= 15 is 0 Å². The van der Waals surface area contributed by atoms with Crippen molar-refractivity contribution in [1.82, 2.24) is 20.4 Å². The van der Waals surface area contributed by atoms with E-state index in [1.165, 1.54) is 45.3 Å². The first kappa shape index (κ1) is 14.0. The molecule has 2 saturated heterocycles. The first-order valence-corrected chi connectivity index (χ1v) is 8.13. The lowest BCUT2D eigenvalue weighted by Crippen LogP contribution is -2.34. The Labute approximate surface area is 121 Å². The van der Waals surface area contributed by atoms with Gasteiger partial charge in [0.25, 0.3) is 0 Å². The van der Waals surface area contributed by atoms with Crippen molar-refractivity contribution in [3.63, 3.8) is 0 Å². The van der Waals surface area contributed by atoms with E-state index in [1.54, 1.807) is 0 Å². The number of rotatable bonds is 4. The third-order valence-corrected chi connectivity index (χ3v) is 4.72. The minimum Gasteiger partial charge on any atom is -0.338 e. The molecule has 2 aliphatic heterocycles. The van der Waals surface area contributed by atoms with E-state index in [0.717, 1.165) is 37.0 Å². The van der Waals surface area contributed by atoms with Gasteiger partial charge in [-0.05, 0) is 57.8 Å². The van der Waals surface area contributed by atoms with E-state index in [2.05, 4.69) is 27.3 Å². The first-order chi connectivity index (χ1) is 9.85. The van der Waals surface area contributed by atoms with Crippen LogP contribution in [0.3, 0.4) is 0 Å². The summed E-state index contributed by atoms with van der Waals surface area (Å²) in [4.78, 5) is 7.13. The highest BCUT2D eigenvalue weighted by molar-refractivity contribution is 4.95. The Hall–Kier alpha value is -0.940. The van der Waals surface area contributed by atoms with Gasteiger partial charge in [-0.1, -0.05) is 18.5 Å². The second kappa shape index (κ2) is 6.68. The number of piperidine rings is 2. The molecule has 3 heterocycles. The SMILES string of the molecule is CCN1CCC(Cc2noc(C3CCCCN3)n2)CC1. The van der Waals surface area contributed by atoms with Gasteiger partial charge >= 0.3 is 0 Å². The number of hydrogen-bond acceptors (Lipinski definition) is 5. The minimum absolute atomic E-state index is 0.284. The van der Waals surface area contributed by atoms with Crippen molar-refractivity contribution in [2.24, 2.45) is 5.92 Å². The van der Waals surface area contributed by atoms with Gasteiger partial charge in [-0.2, -0.15) is 4.98 Å². The molecule has 20 heavy (non-hydrogen) atoms. The van der Waals surface area contributed by atoms with Crippen LogP contribution in [-0.4, -0.2) is 41.2 Å². The highest BCUT2D eigenvalue weighted by Crippen LogP contribution is 2.24. The van der Waals surface area contributed by atoms with Gasteiger partial charge in [-0.15, -0.1) is 0 Å². The highest BCUT2D eigenvalue weighted by Gasteiger charge is 2.23. The Kier molecular flexibility index (Phi) is 4.68. The zero-order valence-electron chi connectivity index (χ0n) is 12.5. The molecule has 0 radical (unpaired) electrons. The maximum atomic E-state index is 5.45. The van der Waals surface area contributed by atoms with Crippen LogP contribution in [0.25, 0.3) is 0 Å². The molecule has 0 aromatic carbocycles. The van der Waals surface area contributed by atoms with Crippen LogP contribution in [0.5, 0.6) is 0 Å². The second-order valence-electron chi connectivity index (χ2n) is 6.13. The van der Waals surface area contributed by atoms with Crippen LogP contribution in [0.1, 0.15) is 56.8 Å². The summed E-state index contributed by atoms with van der Waals surface area (Å²) in [6.07, 6.45) is 7.14. The normalized spacial score (nSPS) is 25.9. The Morgan fingerprint density at radius 3 is 2.80 bits per heavy atom. The summed E-state index contributed by atoms with van der Waals surface area (Å²) in [5.41, 5.74) is 0. The van der Waals surface area contributed by atoms with Gasteiger partial charge in [0.15, 0.2) is 5.82 Å². The second-order valence-corrected chi connectivity index (χ2v) is 6.13. The Morgan fingerprint density at radius 1 is 1.25 bits per heavy atom. The molecule has 1 unspecified atom stereocenters. The van der Waals surface area contributed by atoms with E-state index in [-0.39, 0.29) is 6.04 Å². The minimum atomic E-state index is 0.284. The van der Waals surface area contributed by atoms with Gasteiger partial charge < -0.3 is 14.7 Å². The van der Waals surface area contributed by atoms with E-state index in [0.29, 0.717) is 0 Å². The molecule has 3 rings (SSSR count). The van der Waals surface area contributed by atoms with Crippen LogP contribution in [-0.2, 0) is 6.42 Å². The summed E-state index contributed by atoms with van der Waals surface area (Å²) < 4.78 is 5.45. The quantitative estimate of drug-likeness (QED) is 0.914. The molecular formula is C15H26N4O. The molecule has 1 N–H and O–H groups in total. The Balaban J connectivity index is 1.52. The number of aromatic nitrogens is 2. The van der Waals surface area contributed by atoms with Crippen molar-refractivity contribution in [3.05, 3.63) is 11.7 Å². The summed E-state index contributed by atoms with van der Waals surface area (Å²) in [7, 11) is 0. The zero-order chi connectivity index (χ0) is 13.8.